The van der Waals surface area contributed by atoms with Gasteiger partial charge in [0.1, 0.15) is 17.5 Å². The van der Waals surface area contributed by atoms with E-state index < -0.39 is 0 Å². The Hall–Kier alpha value is -1.54. The molecule has 0 bridgehead atoms. The summed E-state index contributed by atoms with van der Waals surface area (Å²) in [5.41, 5.74) is 1.44. The van der Waals surface area contributed by atoms with E-state index in [4.69, 9.17) is 5.26 Å². The summed E-state index contributed by atoms with van der Waals surface area (Å²) in [7, 11) is 1.86. The molecule has 2 heterocycles. The van der Waals surface area contributed by atoms with Crippen molar-refractivity contribution in [2.75, 3.05) is 18.4 Å². The van der Waals surface area contributed by atoms with Gasteiger partial charge in [-0.3, -0.25) is 4.68 Å². The molecule has 1 aliphatic rings. The first-order valence-electron chi connectivity index (χ1n) is 5.13. The van der Waals surface area contributed by atoms with E-state index in [9.17, 15) is 0 Å². The minimum atomic E-state index is 0.409. The van der Waals surface area contributed by atoms with Crippen molar-refractivity contribution in [2.24, 2.45) is 7.05 Å². The molecule has 5 heteroatoms. The van der Waals surface area contributed by atoms with Crippen LogP contribution >= 0.6 is 0 Å². The first-order valence-corrected chi connectivity index (χ1v) is 5.13. The van der Waals surface area contributed by atoms with Crippen LogP contribution in [-0.4, -0.2) is 28.9 Å². The zero-order valence-electron chi connectivity index (χ0n) is 9.04. The summed E-state index contributed by atoms with van der Waals surface area (Å²) in [6.07, 6.45) is 1.09. The third-order valence-electron chi connectivity index (χ3n) is 2.74. The first-order chi connectivity index (χ1) is 7.22. The molecule has 0 aromatic carbocycles. The van der Waals surface area contributed by atoms with E-state index >= 15 is 0 Å². The largest absolute Gasteiger partial charge is 0.365 e. The molecule has 0 amide bonds. The first kappa shape index (κ1) is 9.99. The Kier molecular flexibility index (Phi) is 2.60. The van der Waals surface area contributed by atoms with E-state index in [1.807, 2.05) is 14.0 Å². The second-order valence-electron chi connectivity index (χ2n) is 3.88. The number of rotatable bonds is 2. The Morgan fingerprint density at radius 2 is 2.47 bits per heavy atom. The van der Waals surface area contributed by atoms with Crippen LogP contribution in [0, 0.1) is 18.3 Å². The lowest BCUT2D eigenvalue weighted by molar-refractivity contribution is 0.725. The van der Waals surface area contributed by atoms with E-state index in [1.54, 1.807) is 4.68 Å². The van der Waals surface area contributed by atoms with Gasteiger partial charge in [-0.25, -0.2) is 0 Å². The van der Waals surface area contributed by atoms with Gasteiger partial charge in [0.05, 0.1) is 5.69 Å². The minimum absolute atomic E-state index is 0.409. The normalized spacial score (nSPS) is 20.2. The highest BCUT2D eigenvalue weighted by Crippen LogP contribution is 2.19. The molecule has 0 spiro atoms. The van der Waals surface area contributed by atoms with Crippen LogP contribution in [0.3, 0.4) is 0 Å². The Morgan fingerprint density at radius 3 is 3.07 bits per heavy atom. The number of aryl methyl sites for hydroxylation is 2. The zero-order valence-corrected chi connectivity index (χ0v) is 9.04. The lowest BCUT2D eigenvalue weighted by Gasteiger charge is -2.12. The minimum Gasteiger partial charge on any atom is -0.365 e. The number of nitriles is 1. The molecule has 1 atom stereocenters. The smallest absolute Gasteiger partial charge is 0.142 e. The van der Waals surface area contributed by atoms with Crippen LogP contribution in [0.4, 0.5) is 5.82 Å². The number of hydrogen-bond donors (Lipinski definition) is 2. The molecule has 0 aliphatic carbocycles. The van der Waals surface area contributed by atoms with Gasteiger partial charge in [0.15, 0.2) is 0 Å². The fourth-order valence-electron chi connectivity index (χ4n) is 1.93. The Morgan fingerprint density at radius 1 is 1.67 bits per heavy atom. The van der Waals surface area contributed by atoms with Crippen LogP contribution < -0.4 is 10.6 Å². The average molecular weight is 205 g/mol. The van der Waals surface area contributed by atoms with Crippen molar-refractivity contribution in [3.8, 4) is 6.07 Å². The second kappa shape index (κ2) is 3.91. The van der Waals surface area contributed by atoms with Crippen LogP contribution in [0.25, 0.3) is 0 Å². The molecule has 5 nitrogen and oxygen atoms in total. The van der Waals surface area contributed by atoms with E-state index in [2.05, 4.69) is 21.8 Å². The lowest BCUT2D eigenvalue weighted by atomic mass is 10.2. The Labute approximate surface area is 89.1 Å². The van der Waals surface area contributed by atoms with Crippen molar-refractivity contribution in [3.05, 3.63) is 11.3 Å². The summed E-state index contributed by atoms with van der Waals surface area (Å²) in [5, 5.41) is 19.9. The molecule has 1 aliphatic heterocycles. The van der Waals surface area contributed by atoms with E-state index in [0.29, 0.717) is 11.6 Å². The van der Waals surface area contributed by atoms with Gasteiger partial charge in [0, 0.05) is 19.6 Å². The molecule has 1 unspecified atom stereocenters. The van der Waals surface area contributed by atoms with Crippen LogP contribution in [0.5, 0.6) is 0 Å². The number of nitrogens with one attached hydrogen (secondary N) is 2. The standard InChI is InChI=1S/C10H15N5/c1-7-9(5-11)10(15(2)14-7)13-8-3-4-12-6-8/h8,12-13H,3-4,6H2,1-2H3. The Bertz CT molecular complexity index is 395. The summed E-state index contributed by atoms with van der Waals surface area (Å²) in [4.78, 5) is 0. The predicted molar refractivity (Wildman–Crippen MR) is 57.6 cm³/mol. The SMILES string of the molecule is Cc1nn(C)c(NC2CCNC2)c1C#N. The molecule has 0 saturated carbocycles. The summed E-state index contributed by atoms with van der Waals surface area (Å²) in [6, 6.07) is 2.60. The van der Waals surface area contributed by atoms with Gasteiger partial charge in [0.25, 0.3) is 0 Å². The average Bonchev–Trinajstić information content (AvgIpc) is 2.77. The zero-order chi connectivity index (χ0) is 10.8. The summed E-state index contributed by atoms with van der Waals surface area (Å²) in [5.74, 6) is 0.837. The van der Waals surface area contributed by atoms with Crippen molar-refractivity contribution in [3.63, 3.8) is 0 Å². The maximum atomic E-state index is 9.03. The molecule has 2 rings (SSSR count). The highest BCUT2D eigenvalue weighted by atomic mass is 15.3. The third kappa shape index (κ3) is 1.81. The monoisotopic (exact) mass is 205 g/mol. The van der Waals surface area contributed by atoms with Gasteiger partial charge in [0.2, 0.25) is 0 Å². The van der Waals surface area contributed by atoms with Gasteiger partial charge in [-0.1, -0.05) is 0 Å². The van der Waals surface area contributed by atoms with Crippen molar-refractivity contribution < 1.29 is 0 Å². The molecule has 0 radical (unpaired) electrons. The third-order valence-corrected chi connectivity index (χ3v) is 2.74. The molecule has 15 heavy (non-hydrogen) atoms. The molecular formula is C10H15N5. The Balaban J connectivity index is 2.23. The van der Waals surface area contributed by atoms with Gasteiger partial charge < -0.3 is 10.6 Å². The number of nitrogens with zero attached hydrogens (tertiary/aromatic N) is 3. The van der Waals surface area contributed by atoms with Crippen molar-refractivity contribution in [1.82, 2.24) is 15.1 Å². The fraction of sp³-hybridized carbons (Fsp3) is 0.600. The lowest BCUT2D eigenvalue weighted by Crippen LogP contribution is -2.23. The summed E-state index contributed by atoms with van der Waals surface area (Å²) in [6.45, 7) is 3.85. The van der Waals surface area contributed by atoms with E-state index in [1.165, 1.54) is 0 Å². The van der Waals surface area contributed by atoms with E-state index in [-0.39, 0.29) is 0 Å². The highest BCUT2D eigenvalue weighted by Gasteiger charge is 2.19. The van der Waals surface area contributed by atoms with Gasteiger partial charge in [-0.15, -0.1) is 0 Å². The van der Waals surface area contributed by atoms with Gasteiger partial charge in [-0.05, 0) is 19.9 Å². The second-order valence-corrected chi connectivity index (χ2v) is 3.88. The number of aromatic nitrogens is 2. The van der Waals surface area contributed by atoms with Gasteiger partial charge in [-0.2, -0.15) is 10.4 Å². The molecular weight excluding hydrogens is 190 g/mol. The molecule has 1 aromatic rings. The molecule has 1 aromatic heterocycles. The van der Waals surface area contributed by atoms with Crippen LogP contribution in [0.2, 0.25) is 0 Å². The topological polar surface area (TPSA) is 65.7 Å². The molecule has 1 saturated heterocycles. The maximum absolute atomic E-state index is 9.03. The summed E-state index contributed by atoms with van der Waals surface area (Å²) >= 11 is 0. The molecule has 80 valence electrons. The fourth-order valence-corrected chi connectivity index (χ4v) is 1.93. The van der Waals surface area contributed by atoms with Crippen LogP contribution in [-0.2, 0) is 7.05 Å². The number of hydrogen-bond acceptors (Lipinski definition) is 4. The maximum Gasteiger partial charge on any atom is 0.142 e. The van der Waals surface area contributed by atoms with Crippen molar-refractivity contribution in [1.29, 1.82) is 5.26 Å². The predicted octanol–water partition coefficient (Wildman–Crippen LogP) is 0.374. The van der Waals surface area contributed by atoms with Crippen LogP contribution in [0.1, 0.15) is 17.7 Å². The van der Waals surface area contributed by atoms with Gasteiger partial charge >= 0.3 is 0 Å². The van der Waals surface area contributed by atoms with Crippen molar-refractivity contribution >= 4 is 5.82 Å². The highest BCUT2D eigenvalue weighted by molar-refractivity contribution is 5.55. The summed E-state index contributed by atoms with van der Waals surface area (Å²) < 4.78 is 1.74. The van der Waals surface area contributed by atoms with E-state index in [0.717, 1.165) is 31.0 Å². The van der Waals surface area contributed by atoms with Crippen LogP contribution in [0.15, 0.2) is 0 Å². The van der Waals surface area contributed by atoms with Crippen molar-refractivity contribution in [2.45, 2.75) is 19.4 Å². The quantitative estimate of drug-likeness (QED) is 0.732. The molecule has 2 N–H and O–H groups in total. The molecule has 1 fully saturated rings. The number of anilines is 1.